The smallest absolute Gasteiger partial charge is 0.398 e. The maximum Gasteiger partial charge on any atom is 0.416 e. The highest BCUT2D eigenvalue weighted by Gasteiger charge is 2.29. The van der Waals surface area contributed by atoms with E-state index >= 15 is 0 Å². The van der Waals surface area contributed by atoms with Gasteiger partial charge in [0, 0.05) is 24.5 Å². The summed E-state index contributed by atoms with van der Waals surface area (Å²) >= 11 is 0. The van der Waals surface area contributed by atoms with Gasteiger partial charge in [0.25, 0.3) is 0 Å². The first-order valence-corrected chi connectivity index (χ1v) is 7.43. The van der Waals surface area contributed by atoms with Crippen molar-refractivity contribution in [2.75, 3.05) is 5.73 Å². The number of benzene rings is 2. The van der Waals surface area contributed by atoms with E-state index in [4.69, 9.17) is 5.73 Å². The lowest BCUT2D eigenvalue weighted by atomic mass is 10.1. The number of imidazole rings is 1. The van der Waals surface area contributed by atoms with Crippen molar-refractivity contribution in [3.05, 3.63) is 83.4 Å². The Kier molecular flexibility index (Phi) is 4.29. The van der Waals surface area contributed by atoms with Gasteiger partial charge in [-0.2, -0.15) is 13.2 Å². The topological polar surface area (TPSA) is 43.8 Å². The minimum atomic E-state index is -4.32. The second-order valence-corrected chi connectivity index (χ2v) is 5.54. The maximum atomic E-state index is 12.6. The van der Waals surface area contributed by atoms with Gasteiger partial charge in [-0.15, -0.1) is 0 Å². The third-order valence-electron chi connectivity index (χ3n) is 3.84. The summed E-state index contributed by atoms with van der Waals surface area (Å²) < 4.78 is 39.8. The molecule has 0 aliphatic heterocycles. The Morgan fingerprint density at radius 1 is 1.00 bits per heavy atom. The maximum absolute atomic E-state index is 12.6. The molecule has 2 aromatic carbocycles. The van der Waals surface area contributed by atoms with Crippen LogP contribution in [0.25, 0.3) is 0 Å². The lowest BCUT2D eigenvalue weighted by molar-refractivity contribution is -0.137. The molecule has 0 amide bonds. The summed E-state index contributed by atoms with van der Waals surface area (Å²) in [5, 5.41) is 0. The lowest BCUT2D eigenvalue weighted by Gasteiger charge is -2.11. The van der Waals surface area contributed by atoms with E-state index in [-0.39, 0.29) is 0 Å². The van der Waals surface area contributed by atoms with Crippen LogP contribution in [0.1, 0.15) is 22.5 Å². The van der Waals surface area contributed by atoms with Crippen LogP contribution in [-0.2, 0) is 19.1 Å². The van der Waals surface area contributed by atoms with Crippen molar-refractivity contribution in [3.63, 3.8) is 0 Å². The highest BCUT2D eigenvalue weighted by molar-refractivity contribution is 5.46. The monoisotopic (exact) mass is 331 g/mol. The van der Waals surface area contributed by atoms with Crippen LogP contribution in [0.15, 0.2) is 60.9 Å². The van der Waals surface area contributed by atoms with Gasteiger partial charge in [0.05, 0.1) is 12.1 Å². The summed E-state index contributed by atoms with van der Waals surface area (Å²) in [5.74, 6) is 0.776. The fourth-order valence-electron chi connectivity index (χ4n) is 2.51. The second-order valence-electron chi connectivity index (χ2n) is 5.54. The van der Waals surface area contributed by atoms with Gasteiger partial charge < -0.3 is 10.3 Å². The van der Waals surface area contributed by atoms with Gasteiger partial charge in [0.1, 0.15) is 5.82 Å². The Hall–Kier alpha value is -2.76. The minimum Gasteiger partial charge on any atom is -0.398 e. The molecule has 0 saturated heterocycles. The molecule has 0 atom stereocenters. The first-order valence-electron chi connectivity index (χ1n) is 7.43. The Balaban J connectivity index is 1.77. The average Bonchev–Trinajstić information content (AvgIpc) is 2.96. The number of alkyl halides is 3. The van der Waals surface area contributed by atoms with Gasteiger partial charge >= 0.3 is 6.18 Å². The van der Waals surface area contributed by atoms with Crippen LogP contribution < -0.4 is 5.73 Å². The fourth-order valence-corrected chi connectivity index (χ4v) is 2.51. The predicted molar refractivity (Wildman–Crippen MR) is 86.4 cm³/mol. The van der Waals surface area contributed by atoms with Crippen LogP contribution in [0.5, 0.6) is 0 Å². The Labute approximate surface area is 137 Å². The summed E-state index contributed by atoms with van der Waals surface area (Å²) in [6.07, 6.45) is -0.343. The van der Waals surface area contributed by atoms with Crippen molar-refractivity contribution in [2.24, 2.45) is 0 Å². The number of rotatable bonds is 4. The Morgan fingerprint density at radius 3 is 2.38 bits per heavy atom. The van der Waals surface area contributed by atoms with Crippen molar-refractivity contribution in [1.29, 1.82) is 0 Å². The molecule has 6 heteroatoms. The normalized spacial score (nSPS) is 11.6. The third-order valence-corrected chi connectivity index (χ3v) is 3.84. The SMILES string of the molecule is Nc1ccccc1Cn1ccnc1Cc1ccc(C(F)(F)F)cc1. The number of nitrogens with two attached hydrogens (primary N) is 1. The molecule has 124 valence electrons. The van der Waals surface area contributed by atoms with Gasteiger partial charge in [-0.05, 0) is 29.3 Å². The molecule has 0 fully saturated rings. The number of hydrogen-bond donors (Lipinski definition) is 1. The number of nitrogen functional groups attached to an aromatic ring is 1. The van der Waals surface area contributed by atoms with Crippen molar-refractivity contribution < 1.29 is 13.2 Å². The third kappa shape index (κ3) is 3.59. The van der Waals surface area contributed by atoms with E-state index in [1.807, 2.05) is 35.0 Å². The van der Waals surface area contributed by atoms with Crippen LogP contribution in [0.2, 0.25) is 0 Å². The van der Waals surface area contributed by atoms with Crippen LogP contribution in [-0.4, -0.2) is 9.55 Å². The highest BCUT2D eigenvalue weighted by Crippen LogP contribution is 2.29. The van der Waals surface area contributed by atoms with E-state index in [0.717, 1.165) is 29.1 Å². The largest absolute Gasteiger partial charge is 0.416 e. The van der Waals surface area contributed by atoms with E-state index in [0.29, 0.717) is 18.7 Å². The van der Waals surface area contributed by atoms with E-state index in [2.05, 4.69) is 4.98 Å². The first kappa shape index (κ1) is 16.1. The van der Waals surface area contributed by atoms with Gasteiger partial charge in [-0.3, -0.25) is 0 Å². The first-order chi connectivity index (χ1) is 11.4. The zero-order valence-corrected chi connectivity index (χ0v) is 12.8. The highest BCUT2D eigenvalue weighted by atomic mass is 19.4. The minimum absolute atomic E-state index is 0.456. The molecule has 1 aromatic heterocycles. The molecule has 2 N–H and O–H groups in total. The molecule has 0 radical (unpaired) electrons. The molecule has 0 bridgehead atoms. The van der Waals surface area contributed by atoms with E-state index in [9.17, 15) is 13.2 Å². The van der Waals surface area contributed by atoms with Crippen molar-refractivity contribution in [3.8, 4) is 0 Å². The fraction of sp³-hybridized carbons (Fsp3) is 0.167. The average molecular weight is 331 g/mol. The molecule has 0 unspecified atom stereocenters. The zero-order valence-electron chi connectivity index (χ0n) is 12.8. The Morgan fingerprint density at radius 2 is 1.71 bits per heavy atom. The van der Waals surface area contributed by atoms with Crippen molar-refractivity contribution in [2.45, 2.75) is 19.1 Å². The molecule has 0 spiro atoms. The summed E-state index contributed by atoms with van der Waals surface area (Å²) in [4.78, 5) is 4.31. The number of para-hydroxylation sites is 1. The molecule has 1 heterocycles. The van der Waals surface area contributed by atoms with E-state index < -0.39 is 11.7 Å². The zero-order chi connectivity index (χ0) is 17.2. The molecule has 3 nitrogen and oxygen atoms in total. The number of anilines is 1. The molecule has 0 saturated carbocycles. The van der Waals surface area contributed by atoms with Crippen LogP contribution >= 0.6 is 0 Å². The van der Waals surface area contributed by atoms with Crippen molar-refractivity contribution in [1.82, 2.24) is 9.55 Å². The van der Waals surface area contributed by atoms with Crippen molar-refractivity contribution >= 4 is 5.69 Å². The van der Waals surface area contributed by atoms with Gasteiger partial charge in [0.2, 0.25) is 0 Å². The molecule has 0 aliphatic rings. The number of nitrogens with zero attached hydrogens (tertiary/aromatic N) is 2. The number of aromatic nitrogens is 2. The molecule has 0 aliphatic carbocycles. The van der Waals surface area contributed by atoms with Gasteiger partial charge in [-0.25, -0.2) is 4.98 Å². The molecular weight excluding hydrogens is 315 g/mol. The van der Waals surface area contributed by atoms with Crippen LogP contribution in [0, 0.1) is 0 Å². The van der Waals surface area contributed by atoms with Gasteiger partial charge in [-0.1, -0.05) is 30.3 Å². The summed E-state index contributed by atoms with van der Waals surface area (Å²) in [5.41, 5.74) is 7.76. The standard InChI is InChI=1S/C18H16F3N3/c19-18(20,21)15-7-5-13(6-8-15)11-17-23-9-10-24(17)12-14-3-1-2-4-16(14)22/h1-10H,11-12,22H2. The van der Waals surface area contributed by atoms with Crippen LogP contribution in [0.3, 0.4) is 0 Å². The predicted octanol–water partition coefficient (Wildman–Crippen LogP) is 4.12. The number of hydrogen-bond acceptors (Lipinski definition) is 2. The number of halogens is 3. The molecular formula is C18H16F3N3. The molecule has 3 aromatic rings. The Bertz CT molecular complexity index is 820. The second kappa shape index (κ2) is 6.39. The van der Waals surface area contributed by atoms with E-state index in [1.54, 1.807) is 6.20 Å². The molecule has 24 heavy (non-hydrogen) atoms. The van der Waals surface area contributed by atoms with Crippen LogP contribution in [0.4, 0.5) is 18.9 Å². The summed E-state index contributed by atoms with van der Waals surface area (Å²) in [6.45, 7) is 0.572. The van der Waals surface area contributed by atoms with Gasteiger partial charge in [0.15, 0.2) is 0 Å². The van der Waals surface area contributed by atoms with E-state index in [1.165, 1.54) is 12.1 Å². The summed E-state index contributed by atoms with van der Waals surface area (Å²) in [7, 11) is 0. The summed E-state index contributed by atoms with van der Waals surface area (Å²) in [6, 6.07) is 12.7. The lowest BCUT2D eigenvalue weighted by Crippen LogP contribution is -2.08. The molecule has 3 rings (SSSR count). The quantitative estimate of drug-likeness (QED) is 0.731.